The average Bonchev–Trinajstić information content (AvgIpc) is 2.70. The Balaban J connectivity index is 1.81. The van der Waals surface area contributed by atoms with Crippen LogP contribution in [0.25, 0.3) is 0 Å². The molecule has 1 aromatic carbocycles. The van der Waals surface area contributed by atoms with Gasteiger partial charge in [-0.2, -0.15) is 0 Å². The number of rotatable bonds is 9. The van der Waals surface area contributed by atoms with E-state index in [0.29, 0.717) is 25.6 Å². The van der Waals surface area contributed by atoms with E-state index in [0.717, 1.165) is 27.9 Å². The summed E-state index contributed by atoms with van der Waals surface area (Å²) in [6, 6.07) is 7.25. The van der Waals surface area contributed by atoms with Gasteiger partial charge >= 0.3 is 6.03 Å². The summed E-state index contributed by atoms with van der Waals surface area (Å²) in [6.45, 7) is 7.08. The van der Waals surface area contributed by atoms with Crippen LogP contribution in [-0.4, -0.2) is 55.7 Å². The lowest BCUT2D eigenvalue weighted by Gasteiger charge is -2.19. The number of carbonyl (C=O) groups is 2. The molecule has 2 aromatic rings. The Hall–Kier alpha value is -3.13. The average molecular weight is 415 g/mol. The van der Waals surface area contributed by atoms with E-state index in [1.165, 1.54) is 4.90 Å². The van der Waals surface area contributed by atoms with Crippen LogP contribution in [-0.2, 0) is 16.1 Å². The van der Waals surface area contributed by atoms with Gasteiger partial charge in [0.25, 0.3) is 0 Å². The van der Waals surface area contributed by atoms with Crippen LogP contribution in [0.15, 0.2) is 30.5 Å². The minimum atomic E-state index is -0.345. The molecule has 0 bridgehead atoms. The van der Waals surface area contributed by atoms with Gasteiger partial charge in [0.1, 0.15) is 13.2 Å². The van der Waals surface area contributed by atoms with E-state index in [-0.39, 0.29) is 18.5 Å². The fourth-order valence-corrected chi connectivity index (χ4v) is 2.99. The third-order valence-electron chi connectivity index (χ3n) is 4.45. The molecule has 0 spiro atoms. The molecule has 8 nitrogen and oxygen atoms in total. The highest BCUT2D eigenvalue weighted by atomic mass is 16.5. The van der Waals surface area contributed by atoms with Crippen LogP contribution in [0.4, 0.5) is 10.5 Å². The Kier molecular flexibility index (Phi) is 8.61. The number of urea groups is 1. The molecule has 1 heterocycles. The molecule has 2 N–H and O–H groups in total. The number of hydrogen-bond donors (Lipinski definition) is 2. The zero-order chi connectivity index (χ0) is 22.1. The lowest BCUT2D eigenvalue weighted by molar-refractivity contribution is -0.116. The van der Waals surface area contributed by atoms with E-state index < -0.39 is 0 Å². The first-order valence-corrected chi connectivity index (χ1v) is 9.73. The van der Waals surface area contributed by atoms with Crippen molar-refractivity contribution in [2.24, 2.45) is 0 Å². The molecular weight excluding hydrogens is 384 g/mol. The molecule has 2 rings (SSSR count). The molecule has 30 heavy (non-hydrogen) atoms. The molecule has 0 atom stereocenters. The van der Waals surface area contributed by atoms with Crippen LogP contribution < -0.4 is 15.4 Å². The van der Waals surface area contributed by atoms with Crippen molar-refractivity contribution in [1.29, 1.82) is 0 Å². The zero-order valence-electron chi connectivity index (χ0n) is 18.2. The van der Waals surface area contributed by atoms with Crippen molar-refractivity contribution in [2.75, 3.05) is 39.2 Å². The summed E-state index contributed by atoms with van der Waals surface area (Å²) < 4.78 is 10.3. The molecule has 0 aliphatic heterocycles. The molecule has 3 amide bonds. The Morgan fingerprint density at radius 1 is 1.10 bits per heavy atom. The van der Waals surface area contributed by atoms with Crippen molar-refractivity contribution in [3.63, 3.8) is 0 Å². The smallest absolute Gasteiger partial charge is 0.317 e. The van der Waals surface area contributed by atoms with E-state index >= 15 is 0 Å². The predicted molar refractivity (Wildman–Crippen MR) is 116 cm³/mol. The Morgan fingerprint density at radius 3 is 2.40 bits per heavy atom. The van der Waals surface area contributed by atoms with Crippen molar-refractivity contribution in [3.8, 4) is 5.88 Å². The van der Waals surface area contributed by atoms with Crippen molar-refractivity contribution < 1.29 is 19.1 Å². The quantitative estimate of drug-likeness (QED) is 0.616. The van der Waals surface area contributed by atoms with E-state index in [4.69, 9.17) is 9.47 Å². The number of ether oxygens (including phenoxy) is 2. The first kappa shape index (κ1) is 23.2. The fourth-order valence-electron chi connectivity index (χ4n) is 2.99. The van der Waals surface area contributed by atoms with Crippen LogP contribution in [0.5, 0.6) is 5.88 Å². The number of amides is 3. The van der Waals surface area contributed by atoms with Gasteiger partial charge in [-0.1, -0.05) is 23.8 Å². The van der Waals surface area contributed by atoms with Gasteiger partial charge in [0.05, 0.1) is 6.61 Å². The topological polar surface area (TPSA) is 92.8 Å². The maximum atomic E-state index is 12.4. The molecule has 0 aliphatic carbocycles. The lowest BCUT2D eigenvalue weighted by Crippen LogP contribution is -2.41. The molecule has 162 valence electrons. The second kappa shape index (κ2) is 11.2. The lowest BCUT2D eigenvalue weighted by atomic mass is 10.1. The van der Waals surface area contributed by atoms with Crippen LogP contribution >= 0.6 is 0 Å². The molecule has 1 aromatic heterocycles. The second-order valence-corrected chi connectivity index (χ2v) is 7.18. The minimum absolute atomic E-state index is 0.0525. The van der Waals surface area contributed by atoms with Crippen molar-refractivity contribution in [1.82, 2.24) is 15.2 Å². The Morgan fingerprint density at radius 2 is 1.80 bits per heavy atom. The zero-order valence-corrected chi connectivity index (χ0v) is 18.2. The third-order valence-corrected chi connectivity index (χ3v) is 4.45. The van der Waals surface area contributed by atoms with Crippen LogP contribution in [0.2, 0.25) is 0 Å². The van der Waals surface area contributed by atoms with Crippen LogP contribution in [0, 0.1) is 20.8 Å². The van der Waals surface area contributed by atoms with Crippen molar-refractivity contribution in [3.05, 3.63) is 52.7 Å². The number of nitrogens with one attached hydrogen (secondary N) is 2. The molecule has 0 aliphatic rings. The van der Waals surface area contributed by atoms with Gasteiger partial charge in [0.2, 0.25) is 11.8 Å². The monoisotopic (exact) mass is 414 g/mol. The largest absolute Gasteiger partial charge is 0.475 e. The van der Waals surface area contributed by atoms with Gasteiger partial charge in [0.15, 0.2) is 0 Å². The number of aryl methyl sites for hydroxylation is 3. The number of carbonyl (C=O) groups excluding carboxylic acids is 2. The first-order valence-electron chi connectivity index (χ1n) is 9.73. The first-order chi connectivity index (χ1) is 14.3. The molecule has 0 radical (unpaired) electrons. The van der Waals surface area contributed by atoms with E-state index in [1.807, 2.05) is 39.0 Å². The Bertz CT molecular complexity index is 845. The number of anilines is 1. The number of likely N-dealkylation sites (N-methyl/N-ethyl adjacent to an activating group) is 1. The van der Waals surface area contributed by atoms with Gasteiger partial charge < -0.3 is 25.0 Å². The highest BCUT2D eigenvalue weighted by Crippen LogP contribution is 2.21. The molecule has 8 heteroatoms. The molecule has 0 unspecified atom stereocenters. The number of methoxy groups -OCH3 is 1. The van der Waals surface area contributed by atoms with Crippen LogP contribution in [0.1, 0.15) is 22.3 Å². The van der Waals surface area contributed by atoms with Gasteiger partial charge in [-0.15, -0.1) is 0 Å². The molecular formula is C22H30N4O4. The standard InChI is InChI=1S/C22H30N4O4/c1-15-10-16(2)21(17(3)11-15)25-19(27)14-26(4)22(28)24-13-18-6-7-20(23-12-18)30-9-8-29-5/h6-7,10-12H,8-9,13-14H2,1-5H3,(H,24,28)(H,25,27). The summed E-state index contributed by atoms with van der Waals surface area (Å²) in [6.07, 6.45) is 1.64. The molecule has 0 fully saturated rings. The van der Waals surface area contributed by atoms with Gasteiger partial charge in [-0.3, -0.25) is 4.79 Å². The highest BCUT2D eigenvalue weighted by molar-refractivity contribution is 5.95. The molecule has 0 saturated heterocycles. The summed E-state index contributed by atoms with van der Waals surface area (Å²) in [5.41, 5.74) is 4.75. The fraction of sp³-hybridized carbons (Fsp3) is 0.409. The Labute approximate surface area is 177 Å². The number of benzene rings is 1. The van der Waals surface area contributed by atoms with Gasteiger partial charge in [-0.05, 0) is 37.5 Å². The predicted octanol–water partition coefficient (Wildman–Crippen LogP) is 2.81. The van der Waals surface area contributed by atoms with E-state index in [9.17, 15) is 9.59 Å². The summed E-state index contributed by atoms with van der Waals surface area (Å²) in [4.78, 5) is 30.2. The number of nitrogens with zero attached hydrogens (tertiary/aromatic N) is 2. The number of hydrogen-bond acceptors (Lipinski definition) is 5. The maximum absolute atomic E-state index is 12.4. The van der Waals surface area contributed by atoms with Crippen LogP contribution in [0.3, 0.4) is 0 Å². The SMILES string of the molecule is COCCOc1ccc(CNC(=O)N(C)CC(=O)Nc2c(C)cc(C)cc2C)cn1. The number of pyridine rings is 1. The number of aromatic nitrogens is 1. The van der Waals surface area contributed by atoms with E-state index in [1.54, 1.807) is 26.4 Å². The minimum Gasteiger partial charge on any atom is -0.475 e. The van der Waals surface area contributed by atoms with Gasteiger partial charge in [0, 0.05) is 38.7 Å². The van der Waals surface area contributed by atoms with Crippen molar-refractivity contribution >= 4 is 17.6 Å². The van der Waals surface area contributed by atoms with Crippen molar-refractivity contribution in [2.45, 2.75) is 27.3 Å². The second-order valence-electron chi connectivity index (χ2n) is 7.18. The summed E-state index contributed by atoms with van der Waals surface area (Å²) >= 11 is 0. The van der Waals surface area contributed by atoms with Gasteiger partial charge in [-0.25, -0.2) is 9.78 Å². The third kappa shape index (κ3) is 7.04. The summed E-state index contributed by atoms with van der Waals surface area (Å²) in [5, 5.41) is 5.68. The maximum Gasteiger partial charge on any atom is 0.317 e. The summed E-state index contributed by atoms with van der Waals surface area (Å²) in [5.74, 6) is 0.250. The normalized spacial score (nSPS) is 10.4. The summed E-state index contributed by atoms with van der Waals surface area (Å²) in [7, 11) is 3.18. The molecule has 0 saturated carbocycles. The van der Waals surface area contributed by atoms with E-state index in [2.05, 4.69) is 15.6 Å². The highest BCUT2D eigenvalue weighted by Gasteiger charge is 2.14.